The van der Waals surface area contributed by atoms with Crippen LogP contribution in [0.3, 0.4) is 0 Å². The van der Waals surface area contributed by atoms with Gasteiger partial charge in [-0.3, -0.25) is 0 Å². The Kier molecular flexibility index (Phi) is 3.43. The van der Waals surface area contributed by atoms with Gasteiger partial charge < -0.3 is 15.3 Å². The van der Waals surface area contributed by atoms with E-state index in [4.69, 9.17) is 0 Å². The van der Waals surface area contributed by atoms with Gasteiger partial charge in [0.05, 0.1) is 6.10 Å². The number of aliphatic hydroxyl groups excluding tert-OH is 1. The number of nitrogens with one attached hydrogen (secondary N) is 1. The van der Waals surface area contributed by atoms with Gasteiger partial charge in [-0.05, 0) is 62.6 Å². The maximum atomic E-state index is 9.96. The molecule has 0 amide bonds. The molecule has 1 aromatic carbocycles. The number of aliphatic hydroxyl groups is 1. The van der Waals surface area contributed by atoms with E-state index in [1.54, 1.807) is 0 Å². The molecule has 4 rings (SSSR count). The normalized spacial score (nSPS) is 31.7. The highest BCUT2D eigenvalue weighted by molar-refractivity contribution is 5.57. The second-order valence-electron chi connectivity index (χ2n) is 7.19. The van der Waals surface area contributed by atoms with Crippen LogP contribution in [-0.4, -0.2) is 29.3 Å². The Morgan fingerprint density at radius 3 is 2.48 bits per heavy atom. The summed E-state index contributed by atoms with van der Waals surface area (Å²) < 4.78 is 0. The molecule has 2 N–H and O–H groups in total. The van der Waals surface area contributed by atoms with Gasteiger partial charge in [0.2, 0.25) is 0 Å². The summed E-state index contributed by atoms with van der Waals surface area (Å²) in [4.78, 5) is 2.60. The third-order valence-corrected chi connectivity index (χ3v) is 5.42. The van der Waals surface area contributed by atoms with Gasteiger partial charge in [0.15, 0.2) is 0 Å². The zero-order valence-corrected chi connectivity index (χ0v) is 12.9. The van der Waals surface area contributed by atoms with Crippen LogP contribution in [0.25, 0.3) is 0 Å². The number of hydrogen-bond donors (Lipinski definition) is 2. The minimum absolute atomic E-state index is 0.0823. The molecule has 3 heteroatoms. The predicted molar refractivity (Wildman–Crippen MR) is 85.6 cm³/mol. The topological polar surface area (TPSA) is 35.5 Å². The van der Waals surface area contributed by atoms with E-state index in [0.717, 1.165) is 25.4 Å². The Labute approximate surface area is 127 Å². The summed E-state index contributed by atoms with van der Waals surface area (Å²) in [6.07, 6.45) is 6.98. The van der Waals surface area contributed by atoms with Crippen LogP contribution in [0.5, 0.6) is 0 Å². The SMILES string of the molecule is Cc1cc(CNC2CC2)ccc1N1C2CCC1CC(O)C2. The summed E-state index contributed by atoms with van der Waals surface area (Å²) in [5, 5.41) is 13.5. The number of anilines is 1. The van der Waals surface area contributed by atoms with Crippen LogP contribution in [0.15, 0.2) is 18.2 Å². The Morgan fingerprint density at radius 2 is 1.86 bits per heavy atom. The van der Waals surface area contributed by atoms with Crippen molar-refractivity contribution in [3.05, 3.63) is 29.3 Å². The highest BCUT2D eigenvalue weighted by atomic mass is 16.3. The van der Waals surface area contributed by atoms with Gasteiger partial charge in [-0.1, -0.05) is 12.1 Å². The van der Waals surface area contributed by atoms with E-state index in [1.807, 2.05) is 0 Å². The van der Waals surface area contributed by atoms with E-state index in [-0.39, 0.29) is 6.10 Å². The Bertz CT molecular complexity index is 512. The molecule has 114 valence electrons. The highest BCUT2D eigenvalue weighted by Gasteiger charge is 2.40. The average Bonchev–Trinajstić information content (AvgIpc) is 3.23. The smallest absolute Gasteiger partial charge is 0.0579 e. The molecule has 0 aromatic heterocycles. The third-order valence-electron chi connectivity index (χ3n) is 5.42. The molecule has 2 aliphatic heterocycles. The number of rotatable bonds is 4. The molecule has 3 aliphatic rings. The van der Waals surface area contributed by atoms with E-state index in [9.17, 15) is 5.11 Å². The molecule has 2 heterocycles. The van der Waals surface area contributed by atoms with Gasteiger partial charge >= 0.3 is 0 Å². The predicted octanol–water partition coefficient (Wildman–Crippen LogP) is 2.74. The van der Waals surface area contributed by atoms with Crippen molar-refractivity contribution in [3.8, 4) is 0 Å². The fourth-order valence-electron chi connectivity index (χ4n) is 4.21. The van der Waals surface area contributed by atoms with Crippen molar-refractivity contribution in [2.24, 2.45) is 0 Å². The average molecular weight is 286 g/mol. The van der Waals surface area contributed by atoms with Gasteiger partial charge in [-0.15, -0.1) is 0 Å². The molecule has 3 fully saturated rings. The first-order valence-corrected chi connectivity index (χ1v) is 8.50. The number of aryl methyl sites for hydroxylation is 1. The van der Waals surface area contributed by atoms with Crippen molar-refractivity contribution < 1.29 is 5.11 Å². The van der Waals surface area contributed by atoms with Crippen molar-refractivity contribution in [3.63, 3.8) is 0 Å². The number of nitrogens with zero attached hydrogens (tertiary/aromatic N) is 1. The minimum Gasteiger partial charge on any atom is -0.393 e. The summed E-state index contributed by atoms with van der Waals surface area (Å²) >= 11 is 0. The molecule has 2 atom stereocenters. The quantitative estimate of drug-likeness (QED) is 0.893. The van der Waals surface area contributed by atoms with Crippen molar-refractivity contribution >= 4 is 5.69 Å². The number of piperidine rings is 1. The number of fused-ring (bicyclic) bond motifs is 2. The van der Waals surface area contributed by atoms with Crippen LogP contribution in [0, 0.1) is 6.92 Å². The standard InChI is InChI=1S/C18H26N2O/c1-12-8-13(11-19-14-3-4-14)2-7-18(12)20-15-5-6-16(20)10-17(21)9-15/h2,7-8,14-17,19,21H,3-6,9-11H2,1H3. The lowest BCUT2D eigenvalue weighted by Crippen LogP contribution is -2.45. The molecule has 1 aromatic rings. The molecule has 3 nitrogen and oxygen atoms in total. The Balaban J connectivity index is 1.52. The largest absolute Gasteiger partial charge is 0.393 e. The minimum atomic E-state index is -0.0823. The van der Waals surface area contributed by atoms with E-state index >= 15 is 0 Å². The monoisotopic (exact) mass is 286 g/mol. The first kappa shape index (κ1) is 13.6. The van der Waals surface area contributed by atoms with Crippen molar-refractivity contribution in [2.75, 3.05) is 4.90 Å². The summed E-state index contributed by atoms with van der Waals surface area (Å²) in [5.41, 5.74) is 4.18. The maximum Gasteiger partial charge on any atom is 0.0579 e. The lowest BCUT2D eigenvalue weighted by Gasteiger charge is -2.40. The Hall–Kier alpha value is -1.06. The second kappa shape index (κ2) is 5.29. The molecule has 1 aliphatic carbocycles. The molecular weight excluding hydrogens is 260 g/mol. The van der Waals surface area contributed by atoms with Crippen LogP contribution in [0.2, 0.25) is 0 Å². The summed E-state index contributed by atoms with van der Waals surface area (Å²) in [7, 11) is 0. The fraction of sp³-hybridized carbons (Fsp3) is 0.667. The van der Waals surface area contributed by atoms with Crippen LogP contribution >= 0.6 is 0 Å². The van der Waals surface area contributed by atoms with Crippen LogP contribution in [0.1, 0.15) is 49.7 Å². The molecule has 0 spiro atoms. The Morgan fingerprint density at radius 1 is 1.14 bits per heavy atom. The molecule has 21 heavy (non-hydrogen) atoms. The molecule has 2 bridgehead atoms. The third kappa shape index (κ3) is 2.69. The van der Waals surface area contributed by atoms with Crippen LogP contribution < -0.4 is 10.2 Å². The van der Waals surface area contributed by atoms with E-state index in [0.29, 0.717) is 12.1 Å². The maximum absolute atomic E-state index is 9.96. The van der Waals surface area contributed by atoms with Gasteiger partial charge in [0.1, 0.15) is 0 Å². The van der Waals surface area contributed by atoms with Crippen LogP contribution in [-0.2, 0) is 6.54 Å². The summed E-state index contributed by atoms with van der Waals surface area (Å²) in [6, 6.07) is 8.80. The first-order valence-electron chi connectivity index (χ1n) is 8.50. The van der Waals surface area contributed by atoms with E-state index in [2.05, 4.69) is 35.3 Å². The molecule has 2 saturated heterocycles. The lowest BCUT2D eigenvalue weighted by atomic mass is 9.97. The van der Waals surface area contributed by atoms with Crippen molar-refractivity contribution in [1.82, 2.24) is 5.32 Å². The van der Waals surface area contributed by atoms with Crippen LogP contribution in [0.4, 0.5) is 5.69 Å². The zero-order valence-electron chi connectivity index (χ0n) is 12.9. The molecular formula is C18H26N2O. The summed E-state index contributed by atoms with van der Waals surface area (Å²) in [6.45, 7) is 3.23. The molecule has 0 radical (unpaired) electrons. The van der Waals surface area contributed by atoms with E-state index < -0.39 is 0 Å². The van der Waals surface area contributed by atoms with Gasteiger partial charge in [0.25, 0.3) is 0 Å². The summed E-state index contributed by atoms with van der Waals surface area (Å²) in [5.74, 6) is 0. The van der Waals surface area contributed by atoms with Crippen molar-refractivity contribution in [1.29, 1.82) is 0 Å². The second-order valence-corrected chi connectivity index (χ2v) is 7.19. The number of benzene rings is 1. The zero-order chi connectivity index (χ0) is 14.4. The first-order chi connectivity index (χ1) is 10.2. The molecule has 1 saturated carbocycles. The van der Waals surface area contributed by atoms with E-state index in [1.165, 1.54) is 42.5 Å². The van der Waals surface area contributed by atoms with Gasteiger partial charge in [-0.2, -0.15) is 0 Å². The molecule has 2 unspecified atom stereocenters. The highest BCUT2D eigenvalue weighted by Crippen LogP contribution is 2.40. The fourth-order valence-corrected chi connectivity index (χ4v) is 4.21. The van der Waals surface area contributed by atoms with Crippen molar-refractivity contribution in [2.45, 2.75) is 76.2 Å². The van der Waals surface area contributed by atoms with Gasteiger partial charge in [0, 0.05) is 30.4 Å². The number of hydrogen-bond acceptors (Lipinski definition) is 3. The lowest BCUT2D eigenvalue weighted by molar-refractivity contribution is 0.126. The van der Waals surface area contributed by atoms with Gasteiger partial charge in [-0.25, -0.2) is 0 Å².